The van der Waals surface area contributed by atoms with Gasteiger partial charge in [-0.15, -0.1) is 11.3 Å². The maximum Gasteiger partial charge on any atom is 0.261 e. The van der Waals surface area contributed by atoms with Crippen LogP contribution < -0.4 is 16.4 Å². The first-order valence-electron chi connectivity index (χ1n) is 8.19. The van der Waals surface area contributed by atoms with E-state index in [2.05, 4.69) is 10.6 Å². The Morgan fingerprint density at radius 2 is 2.12 bits per heavy atom. The first-order valence-corrected chi connectivity index (χ1v) is 9.07. The molecule has 1 aromatic rings. The molecule has 2 heterocycles. The minimum Gasteiger partial charge on any atom is -0.354 e. The van der Waals surface area contributed by atoms with E-state index in [-0.39, 0.29) is 36.7 Å². The lowest BCUT2D eigenvalue weighted by molar-refractivity contribution is -0.134. The average Bonchev–Trinajstić information content (AvgIpc) is 3.13. The Bertz CT molecular complexity index is 562. The number of piperidine rings is 1. The van der Waals surface area contributed by atoms with Gasteiger partial charge in [0.15, 0.2) is 0 Å². The maximum atomic E-state index is 12.4. The molecule has 3 amide bonds. The molecule has 0 saturated carbocycles. The standard InChI is InChI=1S/C16H24N4O3S/c17-7-6-14(21)18-10-12-4-1-2-8-20(12)15(22)11-19-16(23)13-5-3-9-24-13/h3,5,9,12H,1-2,4,6-8,10-11,17H2,(H,18,21)(H,19,23). The Morgan fingerprint density at radius 1 is 1.29 bits per heavy atom. The lowest BCUT2D eigenvalue weighted by Gasteiger charge is -2.36. The molecule has 1 aliphatic heterocycles. The summed E-state index contributed by atoms with van der Waals surface area (Å²) in [6, 6.07) is 3.50. The molecule has 0 aliphatic carbocycles. The van der Waals surface area contributed by atoms with E-state index in [9.17, 15) is 14.4 Å². The monoisotopic (exact) mass is 352 g/mol. The van der Waals surface area contributed by atoms with Gasteiger partial charge >= 0.3 is 0 Å². The van der Waals surface area contributed by atoms with Crippen LogP contribution in [-0.2, 0) is 9.59 Å². The highest BCUT2D eigenvalue weighted by molar-refractivity contribution is 7.12. The molecule has 8 heteroatoms. The highest BCUT2D eigenvalue weighted by Crippen LogP contribution is 2.16. The molecular formula is C16H24N4O3S. The summed E-state index contributed by atoms with van der Waals surface area (Å²) in [5.74, 6) is -0.442. The summed E-state index contributed by atoms with van der Waals surface area (Å²) in [5.41, 5.74) is 5.36. The van der Waals surface area contributed by atoms with Gasteiger partial charge in [0.1, 0.15) is 0 Å². The van der Waals surface area contributed by atoms with Crippen molar-refractivity contribution in [1.29, 1.82) is 0 Å². The van der Waals surface area contributed by atoms with Gasteiger partial charge in [-0.2, -0.15) is 0 Å². The molecule has 0 radical (unpaired) electrons. The van der Waals surface area contributed by atoms with Gasteiger partial charge in [0.05, 0.1) is 11.4 Å². The number of nitrogens with two attached hydrogens (primary N) is 1. The topological polar surface area (TPSA) is 105 Å². The summed E-state index contributed by atoms with van der Waals surface area (Å²) in [6.07, 6.45) is 3.12. The van der Waals surface area contributed by atoms with E-state index in [4.69, 9.17) is 5.73 Å². The zero-order valence-corrected chi connectivity index (χ0v) is 14.4. The molecule has 1 fully saturated rings. The van der Waals surface area contributed by atoms with Crippen molar-refractivity contribution < 1.29 is 14.4 Å². The molecule has 1 aromatic heterocycles. The van der Waals surface area contributed by atoms with Gasteiger partial charge in [-0.25, -0.2) is 0 Å². The van der Waals surface area contributed by atoms with Crippen molar-refractivity contribution in [3.8, 4) is 0 Å². The Morgan fingerprint density at radius 3 is 2.83 bits per heavy atom. The van der Waals surface area contributed by atoms with E-state index in [0.717, 1.165) is 19.3 Å². The van der Waals surface area contributed by atoms with E-state index >= 15 is 0 Å². The van der Waals surface area contributed by atoms with E-state index < -0.39 is 0 Å². The van der Waals surface area contributed by atoms with E-state index in [1.165, 1.54) is 11.3 Å². The molecule has 0 bridgehead atoms. The number of likely N-dealkylation sites (tertiary alicyclic amines) is 1. The van der Waals surface area contributed by atoms with Crippen LogP contribution >= 0.6 is 11.3 Å². The van der Waals surface area contributed by atoms with Crippen LogP contribution in [0.25, 0.3) is 0 Å². The molecule has 0 spiro atoms. The summed E-state index contributed by atoms with van der Waals surface area (Å²) >= 11 is 1.34. The number of hydrogen-bond acceptors (Lipinski definition) is 5. The number of nitrogens with zero attached hydrogens (tertiary/aromatic N) is 1. The third-order valence-corrected chi connectivity index (χ3v) is 4.87. The van der Waals surface area contributed by atoms with Crippen LogP contribution in [0.5, 0.6) is 0 Å². The fraction of sp³-hybridized carbons (Fsp3) is 0.562. The zero-order valence-electron chi connectivity index (χ0n) is 13.6. The molecule has 1 aliphatic rings. The number of carbonyl (C=O) groups is 3. The van der Waals surface area contributed by atoms with Gasteiger partial charge in [0.2, 0.25) is 11.8 Å². The fourth-order valence-corrected chi connectivity index (χ4v) is 3.38. The number of hydrogen-bond donors (Lipinski definition) is 3. The number of nitrogens with one attached hydrogen (secondary N) is 2. The molecule has 2 rings (SSSR count). The molecule has 1 unspecified atom stereocenters. The quantitative estimate of drug-likeness (QED) is 0.657. The second kappa shape index (κ2) is 9.39. The van der Waals surface area contributed by atoms with Gasteiger partial charge < -0.3 is 21.3 Å². The molecule has 7 nitrogen and oxygen atoms in total. The van der Waals surface area contributed by atoms with Crippen molar-refractivity contribution in [3.63, 3.8) is 0 Å². The van der Waals surface area contributed by atoms with E-state index in [0.29, 0.717) is 24.5 Å². The lowest BCUT2D eigenvalue weighted by atomic mass is 10.0. The predicted molar refractivity (Wildman–Crippen MR) is 92.7 cm³/mol. The highest BCUT2D eigenvalue weighted by Gasteiger charge is 2.27. The third kappa shape index (κ3) is 5.31. The summed E-state index contributed by atoms with van der Waals surface area (Å²) in [6.45, 7) is 1.38. The van der Waals surface area contributed by atoms with Gasteiger partial charge in [-0.05, 0) is 30.7 Å². The van der Waals surface area contributed by atoms with Gasteiger partial charge in [0, 0.05) is 32.1 Å². The zero-order chi connectivity index (χ0) is 17.4. The second-order valence-electron chi connectivity index (χ2n) is 5.74. The molecule has 0 aromatic carbocycles. The van der Waals surface area contributed by atoms with Gasteiger partial charge in [-0.3, -0.25) is 14.4 Å². The van der Waals surface area contributed by atoms with E-state index in [1.54, 1.807) is 17.0 Å². The maximum absolute atomic E-state index is 12.4. The first-order chi connectivity index (χ1) is 11.6. The van der Waals surface area contributed by atoms with Crippen molar-refractivity contribution in [2.45, 2.75) is 31.7 Å². The van der Waals surface area contributed by atoms with Crippen LogP contribution in [0, 0.1) is 0 Å². The molecule has 4 N–H and O–H groups in total. The highest BCUT2D eigenvalue weighted by atomic mass is 32.1. The van der Waals surface area contributed by atoms with Crippen LogP contribution in [0.1, 0.15) is 35.4 Å². The summed E-state index contributed by atoms with van der Waals surface area (Å²) in [4.78, 5) is 38.3. The Labute approximate surface area is 145 Å². The number of carbonyl (C=O) groups excluding carboxylic acids is 3. The minimum atomic E-state index is -0.233. The van der Waals surface area contributed by atoms with Crippen molar-refractivity contribution >= 4 is 29.1 Å². The van der Waals surface area contributed by atoms with E-state index in [1.807, 2.05) is 5.38 Å². The van der Waals surface area contributed by atoms with Crippen LogP contribution in [-0.4, -0.2) is 54.8 Å². The van der Waals surface area contributed by atoms with Crippen molar-refractivity contribution in [2.24, 2.45) is 5.73 Å². The largest absolute Gasteiger partial charge is 0.354 e. The Hall–Kier alpha value is -1.93. The van der Waals surface area contributed by atoms with Crippen molar-refractivity contribution in [2.75, 3.05) is 26.2 Å². The summed E-state index contributed by atoms with van der Waals surface area (Å²) in [7, 11) is 0. The van der Waals surface area contributed by atoms with Crippen LogP contribution in [0.15, 0.2) is 17.5 Å². The molecule has 24 heavy (non-hydrogen) atoms. The van der Waals surface area contributed by atoms with Gasteiger partial charge in [-0.1, -0.05) is 6.07 Å². The minimum absolute atomic E-state index is 0.0217. The Balaban J connectivity index is 1.83. The SMILES string of the molecule is NCCC(=O)NCC1CCCCN1C(=O)CNC(=O)c1cccs1. The average molecular weight is 352 g/mol. The number of rotatable bonds is 7. The molecular weight excluding hydrogens is 328 g/mol. The van der Waals surface area contributed by atoms with Crippen LogP contribution in [0.3, 0.4) is 0 Å². The molecule has 1 saturated heterocycles. The fourth-order valence-electron chi connectivity index (χ4n) is 2.74. The van der Waals surface area contributed by atoms with Gasteiger partial charge in [0.25, 0.3) is 5.91 Å². The van der Waals surface area contributed by atoms with Crippen molar-refractivity contribution in [3.05, 3.63) is 22.4 Å². The normalized spacial score (nSPS) is 17.4. The summed E-state index contributed by atoms with van der Waals surface area (Å²) < 4.78 is 0. The number of amides is 3. The molecule has 1 atom stereocenters. The number of thiophene rings is 1. The van der Waals surface area contributed by atoms with Crippen LogP contribution in [0.4, 0.5) is 0 Å². The summed E-state index contributed by atoms with van der Waals surface area (Å²) in [5, 5.41) is 7.31. The smallest absolute Gasteiger partial charge is 0.261 e. The predicted octanol–water partition coefficient (Wildman–Crippen LogP) is 0.324. The van der Waals surface area contributed by atoms with Crippen LogP contribution in [0.2, 0.25) is 0 Å². The van der Waals surface area contributed by atoms with Crippen molar-refractivity contribution in [1.82, 2.24) is 15.5 Å². The second-order valence-corrected chi connectivity index (χ2v) is 6.69. The first kappa shape index (κ1) is 18.4. The lowest BCUT2D eigenvalue weighted by Crippen LogP contribution is -2.52. The Kier molecular flexibility index (Phi) is 7.20. The molecule has 132 valence electrons. The third-order valence-electron chi connectivity index (χ3n) is 4.00.